The van der Waals surface area contributed by atoms with Crippen molar-refractivity contribution in [1.29, 1.82) is 0 Å². The Hall–Kier alpha value is -1.94. The molecule has 0 saturated heterocycles. The monoisotopic (exact) mass is 1250 g/mol. The topological polar surface area (TPSA) is 237 Å². The van der Waals surface area contributed by atoms with E-state index in [2.05, 4.69) is 34.6 Å². The molecule has 3 N–H and O–H groups in total. The molecule has 0 aliphatic rings. The van der Waals surface area contributed by atoms with Gasteiger partial charge >= 0.3 is 39.5 Å². The molecule has 17 nitrogen and oxygen atoms in total. The van der Waals surface area contributed by atoms with Gasteiger partial charge in [-0.05, 0) is 31.6 Å². The maximum absolute atomic E-state index is 13.0. The summed E-state index contributed by atoms with van der Waals surface area (Å²) in [5, 5.41) is 10.6. The van der Waals surface area contributed by atoms with Crippen LogP contribution >= 0.6 is 15.6 Å². The average Bonchev–Trinajstić information content (AvgIpc) is 3.54. The number of carbonyl (C=O) groups is 4. The molecule has 0 bridgehead atoms. The SMILES string of the molecule is CCCCCCCCCCCCCCCC(=O)O[C@H](COC(=O)CCCCCCCCCCC(C)C)COP(=O)(O)OC[C@@H](O)COP(=O)(O)OC[C@@H](COC(=O)CCCCCCCCCCCC)OC(=O)CCCCCCCCCCCCC. The van der Waals surface area contributed by atoms with Crippen molar-refractivity contribution >= 4 is 39.5 Å². The smallest absolute Gasteiger partial charge is 0.462 e. The molecule has 504 valence electrons. The summed E-state index contributed by atoms with van der Waals surface area (Å²) in [5.74, 6) is -1.40. The van der Waals surface area contributed by atoms with E-state index in [0.717, 1.165) is 95.8 Å². The van der Waals surface area contributed by atoms with Crippen molar-refractivity contribution in [3.8, 4) is 0 Å². The van der Waals surface area contributed by atoms with Crippen molar-refractivity contribution in [1.82, 2.24) is 0 Å². The molecule has 0 aliphatic carbocycles. The Balaban J connectivity index is 5.24. The fourth-order valence-electron chi connectivity index (χ4n) is 9.94. The molecular weight excluding hydrogens is 1130 g/mol. The van der Waals surface area contributed by atoms with Crippen LogP contribution in [0.2, 0.25) is 0 Å². The van der Waals surface area contributed by atoms with E-state index in [0.29, 0.717) is 25.7 Å². The molecule has 2 unspecified atom stereocenters. The maximum atomic E-state index is 13.0. The van der Waals surface area contributed by atoms with Gasteiger partial charge in [-0.15, -0.1) is 0 Å². The predicted molar refractivity (Wildman–Crippen MR) is 340 cm³/mol. The summed E-state index contributed by atoms with van der Waals surface area (Å²) in [4.78, 5) is 72.3. The highest BCUT2D eigenvalue weighted by molar-refractivity contribution is 7.47. The van der Waals surface area contributed by atoms with Crippen molar-refractivity contribution in [3.63, 3.8) is 0 Å². The van der Waals surface area contributed by atoms with Crippen LogP contribution in [0.25, 0.3) is 0 Å². The molecule has 5 atom stereocenters. The number of rotatable bonds is 66. The Kier molecular flexibility index (Phi) is 58.3. The third kappa shape index (κ3) is 60.7. The van der Waals surface area contributed by atoms with Gasteiger partial charge in [-0.1, -0.05) is 285 Å². The average molecular weight is 1260 g/mol. The maximum Gasteiger partial charge on any atom is 0.472 e. The number of phosphoric acid groups is 2. The number of aliphatic hydroxyl groups is 1. The van der Waals surface area contributed by atoms with Gasteiger partial charge in [-0.3, -0.25) is 37.3 Å². The second kappa shape index (κ2) is 59.7. The van der Waals surface area contributed by atoms with Gasteiger partial charge in [0.25, 0.3) is 0 Å². The van der Waals surface area contributed by atoms with E-state index in [1.54, 1.807) is 0 Å². The molecule has 0 saturated carbocycles. The summed E-state index contributed by atoms with van der Waals surface area (Å²) >= 11 is 0. The number of ether oxygens (including phenoxy) is 4. The lowest BCUT2D eigenvalue weighted by Gasteiger charge is -2.21. The van der Waals surface area contributed by atoms with Gasteiger partial charge in [-0.2, -0.15) is 0 Å². The standard InChI is InChI=1S/C66H128O17P2/c1-6-9-12-15-18-21-24-25-27-30-37-42-47-52-66(71)83-62(56-77-64(69)50-45-40-35-32-31-33-38-43-48-59(4)5)58-81-85(74,75)79-54-60(67)53-78-84(72,73)80-57-61(55-76-63(68)49-44-39-34-28-23-20-17-14-11-8-3)82-65(70)51-46-41-36-29-26-22-19-16-13-10-7-2/h59-62,67H,6-58H2,1-5H3,(H,72,73)(H,74,75)/t60-,61+,62+/m0/s1. The Morgan fingerprint density at radius 1 is 0.318 bits per heavy atom. The Morgan fingerprint density at radius 3 is 0.800 bits per heavy atom. The summed E-state index contributed by atoms with van der Waals surface area (Å²) in [5.41, 5.74) is 0. The van der Waals surface area contributed by atoms with Crippen LogP contribution in [0.3, 0.4) is 0 Å². The third-order valence-electron chi connectivity index (χ3n) is 15.3. The number of hydrogen-bond donors (Lipinski definition) is 3. The van der Waals surface area contributed by atoms with E-state index in [1.807, 2.05) is 0 Å². The first-order chi connectivity index (χ1) is 41.0. The lowest BCUT2D eigenvalue weighted by atomic mass is 10.0. The van der Waals surface area contributed by atoms with E-state index in [1.165, 1.54) is 161 Å². The molecule has 0 aromatic carbocycles. The molecule has 0 spiro atoms. The van der Waals surface area contributed by atoms with Gasteiger partial charge in [-0.25, -0.2) is 9.13 Å². The zero-order chi connectivity index (χ0) is 62.8. The van der Waals surface area contributed by atoms with Crippen LogP contribution in [0, 0.1) is 5.92 Å². The molecule has 0 heterocycles. The summed E-state index contributed by atoms with van der Waals surface area (Å²) in [6, 6.07) is 0. The Morgan fingerprint density at radius 2 is 0.541 bits per heavy atom. The fourth-order valence-corrected chi connectivity index (χ4v) is 11.5. The van der Waals surface area contributed by atoms with Gasteiger partial charge < -0.3 is 33.8 Å². The van der Waals surface area contributed by atoms with Crippen LogP contribution in [0.1, 0.15) is 336 Å². The summed E-state index contributed by atoms with van der Waals surface area (Å²) in [6.45, 7) is 7.17. The number of aliphatic hydroxyl groups excluding tert-OH is 1. The lowest BCUT2D eigenvalue weighted by Crippen LogP contribution is -2.30. The molecule has 0 fully saturated rings. The van der Waals surface area contributed by atoms with E-state index in [4.69, 9.17) is 37.0 Å². The minimum absolute atomic E-state index is 0.107. The van der Waals surface area contributed by atoms with Crippen LogP contribution in [-0.4, -0.2) is 96.7 Å². The van der Waals surface area contributed by atoms with Crippen LogP contribution in [-0.2, 0) is 65.4 Å². The van der Waals surface area contributed by atoms with Crippen LogP contribution < -0.4 is 0 Å². The van der Waals surface area contributed by atoms with Crippen LogP contribution in [0.5, 0.6) is 0 Å². The number of carbonyl (C=O) groups excluding carboxylic acids is 4. The largest absolute Gasteiger partial charge is 0.472 e. The Bertz CT molecular complexity index is 1650. The van der Waals surface area contributed by atoms with E-state index < -0.39 is 97.5 Å². The fraction of sp³-hybridized carbons (Fsp3) is 0.939. The second-order valence-corrected chi connectivity index (χ2v) is 27.2. The minimum atomic E-state index is -4.95. The van der Waals surface area contributed by atoms with Gasteiger partial charge in [0.15, 0.2) is 12.2 Å². The number of esters is 4. The van der Waals surface area contributed by atoms with Gasteiger partial charge in [0, 0.05) is 25.7 Å². The molecule has 0 aromatic heterocycles. The molecule has 0 rings (SSSR count). The molecule has 0 radical (unpaired) electrons. The summed E-state index contributed by atoms with van der Waals surface area (Å²) in [6.07, 6.45) is 44.3. The highest BCUT2D eigenvalue weighted by Crippen LogP contribution is 2.45. The number of hydrogen-bond acceptors (Lipinski definition) is 15. The first-order valence-electron chi connectivity index (χ1n) is 34.6. The zero-order valence-corrected chi connectivity index (χ0v) is 56.5. The Labute approximate surface area is 517 Å². The number of unbranched alkanes of at least 4 members (excludes halogenated alkanes) is 38. The third-order valence-corrected chi connectivity index (χ3v) is 17.2. The van der Waals surface area contributed by atoms with Crippen molar-refractivity contribution in [2.45, 2.75) is 355 Å². The summed E-state index contributed by atoms with van der Waals surface area (Å²) in [7, 11) is -9.89. The summed E-state index contributed by atoms with van der Waals surface area (Å²) < 4.78 is 68.1. The van der Waals surface area contributed by atoms with Crippen LogP contribution in [0.15, 0.2) is 0 Å². The van der Waals surface area contributed by atoms with E-state index in [9.17, 15) is 43.2 Å². The highest BCUT2D eigenvalue weighted by atomic mass is 31.2. The molecular formula is C66H128O17P2. The first kappa shape index (κ1) is 83.1. The quantitative estimate of drug-likeness (QED) is 0.0222. The normalized spacial score (nSPS) is 14.2. The van der Waals surface area contributed by atoms with Gasteiger partial charge in [0.1, 0.15) is 19.3 Å². The van der Waals surface area contributed by atoms with Crippen molar-refractivity contribution in [2.75, 3.05) is 39.6 Å². The molecule has 19 heteroatoms. The zero-order valence-electron chi connectivity index (χ0n) is 54.7. The first-order valence-corrected chi connectivity index (χ1v) is 37.6. The van der Waals surface area contributed by atoms with Crippen molar-refractivity contribution in [3.05, 3.63) is 0 Å². The van der Waals surface area contributed by atoms with Crippen molar-refractivity contribution < 1.29 is 80.2 Å². The second-order valence-electron chi connectivity index (χ2n) is 24.3. The number of phosphoric ester groups is 2. The molecule has 0 aromatic rings. The van der Waals surface area contributed by atoms with E-state index >= 15 is 0 Å². The molecule has 0 aliphatic heterocycles. The van der Waals surface area contributed by atoms with Crippen molar-refractivity contribution in [2.24, 2.45) is 5.92 Å². The van der Waals surface area contributed by atoms with Crippen LogP contribution in [0.4, 0.5) is 0 Å². The van der Waals surface area contributed by atoms with E-state index in [-0.39, 0.29) is 25.7 Å². The predicted octanol–water partition coefficient (Wildman–Crippen LogP) is 18.6. The van der Waals surface area contributed by atoms with Gasteiger partial charge in [0.05, 0.1) is 26.4 Å². The lowest BCUT2D eigenvalue weighted by molar-refractivity contribution is -0.161. The molecule has 85 heavy (non-hydrogen) atoms. The minimum Gasteiger partial charge on any atom is -0.462 e. The molecule has 0 amide bonds. The van der Waals surface area contributed by atoms with Gasteiger partial charge in [0.2, 0.25) is 0 Å². The highest BCUT2D eigenvalue weighted by Gasteiger charge is 2.30.